The summed E-state index contributed by atoms with van der Waals surface area (Å²) in [4.78, 5) is 12.2. The summed E-state index contributed by atoms with van der Waals surface area (Å²) in [5.41, 5.74) is 0.126. The second-order valence-corrected chi connectivity index (χ2v) is 4.01. The molecule has 0 saturated heterocycles. The predicted octanol–water partition coefficient (Wildman–Crippen LogP) is 2.84. The molecule has 0 radical (unpaired) electrons. The number of hydrogen-bond acceptors (Lipinski definition) is 2. The Bertz CT molecular complexity index is 760. The van der Waals surface area contributed by atoms with Gasteiger partial charge >= 0.3 is 0 Å². The third kappa shape index (κ3) is 1.79. The molecule has 0 unspecified atom stereocenters. The highest BCUT2D eigenvalue weighted by Crippen LogP contribution is 2.20. The van der Waals surface area contributed by atoms with Crippen LogP contribution in [-0.4, -0.2) is 15.4 Å². The predicted molar refractivity (Wildman–Crippen MR) is 65.0 cm³/mol. The first kappa shape index (κ1) is 11.5. The van der Waals surface area contributed by atoms with E-state index in [9.17, 15) is 13.6 Å². The Morgan fingerprint density at radius 2 is 1.79 bits per heavy atom. The lowest BCUT2D eigenvalue weighted by Crippen LogP contribution is -2.07. The standard InChI is InChI=1S/C14H8F2N2O/c15-10-4-3-5-11(16)13(10)14(19)9-8-17-18-7-2-1-6-12(9)18/h1-8H. The summed E-state index contributed by atoms with van der Waals surface area (Å²) in [6, 6.07) is 8.48. The maximum atomic E-state index is 13.6. The number of hydrogen-bond donors (Lipinski definition) is 0. The van der Waals surface area contributed by atoms with Gasteiger partial charge in [-0.05, 0) is 24.3 Å². The van der Waals surface area contributed by atoms with Gasteiger partial charge in [-0.25, -0.2) is 13.3 Å². The van der Waals surface area contributed by atoms with Crippen molar-refractivity contribution in [2.75, 3.05) is 0 Å². The minimum Gasteiger partial charge on any atom is -0.288 e. The molecular weight excluding hydrogens is 250 g/mol. The van der Waals surface area contributed by atoms with Crippen molar-refractivity contribution < 1.29 is 13.6 Å². The van der Waals surface area contributed by atoms with Crippen LogP contribution in [0.25, 0.3) is 5.52 Å². The van der Waals surface area contributed by atoms with Crippen LogP contribution in [0.2, 0.25) is 0 Å². The number of carbonyl (C=O) groups excluding carboxylic acids is 1. The van der Waals surface area contributed by atoms with Gasteiger partial charge in [0.25, 0.3) is 0 Å². The van der Waals surface area contributed by atoms with Gasteiger partial charge in [0.2, 0.25) is 5.78 Å². The van der Waals surface area contributed by atoms with E-state index >= 15 is 0 Å². The minimum absolute atomic E-state index is 0.171. The summed E-state index contributed by atoms with van der Waals surface area (Å²) in [5.74, 6) is -2.46. The second kappa shape index (κ2) is 4.28. The van der Waals surface area contributed by atoms with Gasteiger partial charge < -0.3 is 0 Å². The third-order valence-corrected chi connectivity index (χ3v) is 2.86. The zero-order chi connectivity index (χ0) is 13.4. The van der Waals surface area contributed by atoms with E-state index in [-0.39, 0.29) is 5.56 Å². The van der Waals surface area contributed by atoms with Gasteiger partial charge in [-0.2, -0.15) is 5.10 Å². The van der Waals surface area contributed by atoms with Crippen LogP contribution in [0.4, 0.5) is 8.78 Å². The van der Waals surface area contributed by atoms with Crippen molar-refractivity contribution in [1.29, 1.82) is 0 Å². The van der Waals surface area contributed by atoms with E-state index in [0.29, 0.717) is 5.52 Å². The molecular formula is C14H8F2N2O. The smallest absolute Gasteiger partial charge is 0.202 e. The van der Waals surface area contributed by atoms with E-state index in [2.05, 4.69) is 5.10 Å². The van der Waals surface area contributed by atoms with Crippen LogP contribution in [0, 0.1) is 11.6 Å². The molecule has 3 rings (SSSR count). The van der Waals surface area contributed by atoms with Gasteiger partial charge in [-0.15, -0.1) is 0 Å². The molecule has 19 heavy (non-hydrogen) atoms. The molecule has 0 fully saturated rings. The number of fused-ring (bicyclic) bond motifs is 1. The van der Waals surface area contributed by atoms with Gasteiger partial charge in [0.15, 0.2) is 0 Å². The highest BCUT2D eigenvalue weighted by molar-refractivity contribution is 6.13. The first-order valence-electron chi connectivity index (χ1n) is 5.59. The summed E-state index contributed by atoms with van der Waals surface area (Å²) in [7, 11) is 0. The fraction of sp³-hybridized carbons (Fsp3) is 0. The van der Waals surface area contributed by atoms with Crippen LogP contribution in [0.5, 0.6) is 0 Å². The molecule has 0 amide bonds. The number of rotatable bonds is 2. The lowest BCUT2D eigenvalue weighted by molar-refractivity contribution is 0.103. The fourth-order valence-corrected chi connectivity index (χ4v) is 1.96. The van der Waals surface area contributed by atoms with Crippen LogP contribution in [-0.2, 0) is 0 Å². The van der Waals surface area contributed by atoms with Crippen LogP contribution in [0.1, 0.15) is 15.9 Å². The van der Waals surface area contributed by atoms with E-state index in [0.717, 1.165) is 12.1 Å². The molecule has 0 bridgehead atoms. The largest absolute Gasteiger partial charge is 0.288 e. The van der Waals surface area contributed by atoms with Gasteiger partial charge in [-0.1, -0.05) is 12.1 Å². The highest BCUT2D eigenvalue weighted by atomic mass is 19.1. The van der Waals surface area contributed by atoms with Gasteiger partial charge in [0.1, 0.15) is 11.6 Å². The van der Waals surface area contributed by atoms with Crippen LogP contribution in [0.15, 0.2) is 48.8 Å². The van der Waals surface area contributed by atoms with E-state index in [1.165, 1.54) is 16.8 Å². The van der Waals surface area contributed by atoms with Crippen molar-refractivity contribution in [1.82, 2.24) is 9.61 Å². The zero-order valence-electron chi connectivity index (χ0n) is 9.68. The number of benzene rings is 1. The van der Waals surface area contributed by atoms with Crippen molar-refractivity contribution >= 4 is 11.3 Å². The van der Waals surface area contributed by atoms with E-state index in [1.807, 2.05) is 0 Å². The Labute approximate surface area is 107 Å². The molecule has 2 aromatic heterocycles. The van der Waals surface area contributed by atoms with Crippen LogP contribution in [0.3, 0.4) is 0 Å². The molecule has 2 heterocycles. The molecule has 0 atom stereocenters. The molecule has 0 spiro atoms. The average molecular weight is 258 g/mol. The normalized spacial score (nSPS) is 10.8. The number of aromatic nitrogens is 2. The fourth-order valence-electron chi connectivity index (χ4n) is 1.96. The van der Waals surface area contributed by atoms with Crippen LogP contribution < -0.4 is 0 Å². The molecule has 0 N–H and O–H groups in total. The van der Waals surface area contributed by atoms with E-state index in [4.69, 9.17) is 0 Å². The number of nitrogens with zero attached hydrogens (tertiary/aromatic N) is 2. The summed E-state index contributed by atoms with van der Waals surface area (Å²) >= 11 is 0. The maximum Gasteiger partial charge on any atom is 0.202 e. The molecule has 1 aromatic carbocycles. The quantitative estimate of drug-likeness (QED) is 0.662. The maximum absolute atomic E-state index is 13.6. The van der Waals surface area contributed by atoms with Crippen molar-refractivity contribution in [3.05, 3.63) is 71.6 Å². The highest BCUT2D eigenvalue weighted by Gasteiger charge is 2.21. The Kier molecular flexibility index (Phi) is 2.59. The first-order valence-corrected chi connectivity index (χ1v) is 5.59. The van der Waals surface area contributed by atoms with Crippen molar-refractivity contribution in [3.8, 4) is 0 Å². The Morgan fingerprint density at radius 1 is 1.05 bits per heavy atom. The molecule has 0 aliphatic heterocycles. The topological polar surface area (TPSA) is 34.4 Å². The molecule has 3 nitrogen and oxygen atoms in total. The molecule has 3 aromatic rings. The summed E-state index contributed by atoms with van der Waals surface area (Å²) in [5, 5.41) is 3.98. The number of carbonyl (C=O) groups is 1. The van der Waals surface area contributed by atoms with E-state index in [1.54, 1.807) is 24.4 Å². The van der Waals surface area contributed by atoms with Crippen LogP contribution >= 0.6 is 0 Å². The van der Waals surface area contributed by atoms with Gasteiger partial charge in [0, 0.05) is 6.20 Å². The zero-order valence-corrected chi connectivity index (χ0v) is 9.68. The van der Waals surface area contributed by atoms with Gasteiger partial charge in [0.05, 0.1) is 22.8 Å². The molecule has 5 heteroatoms. The number of ketones is 1. The first-order chi connectivity index (χ1) is 9.18. The molecule has 0 aliphatic rings. The summed E-state index contributed by atoms with van der Waals surface area (Å²) in [6.45, 7) is 0. The Balaban J connectivity index is 2.20. The van der Waals surface area contributed by atoms with E-state index < -0.39 is 23.0 Å². The van der Waals surface area contributed by atoms with Crippen molar-refractivity contribution in [2.45, 2.75) is 0 Å². The van der Waals surface area contributed by atoms with Gasteiger partial charge in [-0.3, -0.25) is 4.79 Å². The summed E-state index contributed by atoms with van der Waals surface area (Å²) < 4.78 is 28.7. The van der Waals surface area contributed by atoms with Crippen molar-refractivity contribution in [3.63, 3.8) is 0 Å². The second-order valence-electron chi connectivity index (χ2n) is 4.01. The Morgan fingerprint density at radius 3 is 2.53 bits per heavy atom. The molecule has 0 aliphatic carbocycles. The minimum atomic E-state index is -0.875. The number of pyridine rings is 1. The third-order valence-electron chi connectivity index (χ3n) is 2.86. The monoisotopic (exact) mass is 258 g/mol. The Hall–Kier alpha value is -2.56. The lowest BCUT2D eigenvalue weighted by Gasteiger charge is -2.02. The average Bonchev–Trinajstić information content (AvgIpc) is 2.82. The number of halogens is 2. The summed E-state index contributed by atoms with van der Waals surface area (Å²) in [6.07, 6.45) is 2.97. The van der Waals surface area contributed by atoms with Crippen molar-refractivity contribution in [2.24, 2.45) is 0 Å². The SMILES string of the molecule is O=C(c1c(F)cccc1F)c1cnn2ccccc12. The molecule has 94 valence electrons. The molecule has 0 saturated carbocycles. The lowest BCUT2D eigenvalue weighted by atomic mass is 10.0.